The van der Waals surface area contributed by atoms with Crippen molar-refractivity contribution in [2.24, 2.45) is 5.92 Å². The summed E-state index contributed by atoms with van der Waals surface area (Å²) < 4.78 is 0. The minimum absolute atomic E-state index is 0.980. The Morgan fingerprint density at radius 2 is 1.42 bits per heavy atom. The second-order valence-electron chi connectivity index (χ2n) is 4.40. The van der Waals surface area contributed by atoms with Crippen LogP contribution in [0.4, 0.5) is 0 Å². The molecule has 0 aliphatic carbocycles. The number of hydrogen-bond donors (Lipinski definition) is 0. The van der Waals surface area contributed by atoms with Crippen LogP contribution in [-0.2, 0) is 0 Å². The molecule has 1 saturated heterocycles. The topological polar surface area (TPSA) is 3.24 Å². The van der Waals surface area contributed by atoms with Crippen molar-refractivity contribution >= 4 is 0 Å². The zero-order valence-electron chi connectivity index (χ0n) is 8.68. The van der Waals surface area contributed by atoms with Crippen LogP contribution in [-0.4, -0.2) is 25.0 Å². The fourth-order valence-electron chi connectivity index (χ4n) is 2.01. The second kappa shape index (κ2) is 5.58. The molecule has 72 valence electrons. The van der Waals surface area contributed by atoms with Crippen LogP contribution in [0, 0.1) is 5.92 Å². The summed E-state index contributed by atoms with van der Waals surface area (Å²) in [5, 5.41) is 0. The van der Waals surface area contributed by atoms with Crippen molar-refractivity contribution in [2.75, 3.05) is 20.1 Å². The molecule has 1 nitrogen and oxygen atoms in total. The van der Waals surface area contributed by atoms with Crippen molar-refractivity contribution < 1.29 is 0 Å². The van der Waals surface area contributed by atoms with Gasteiger partial charge in [-0.1, -0.05) is 32.6 Å². The highest BCUT2D eigenvalue weighted by Crippen LogP contribution is 2.16. The third-order valence-corrected chi connectivity index (χ3v) is 2.97. The standard InChI is InChI=1S/C11H23N/c1-11-7-3-5-9-12(2)10-6-4-8-11/h11H,3-10H2,1-2H3. The molecule has 0 atom stereocenters. The maximum absolute atomic E-state index is 2.48. The summed E-state index contributed by atoms with van der Waals surface area (Å²) in [7, 11) is 2.25. The van der Waals surface area contributed by atoms with Crippen LogP contribution in [0.2, 0.25) is 0 Å². The van der Waals surface area contributed by atoms with E-state index in [0.29, 0.717) is 0 Å². The fraction of sp³-hybridized carbons (Fsp3) is 1.00. The van der Waals surface area contributed by atoms with E-state index in [-0.39, 0.29) is 0 Å². The molecule has 1 heteroatoms. The molecule has 1 aliphatic rings. The van der Waals surface area contributed by atoms with Crippen LogP contribution in [0.1, 0.15) is 45.4 Å². The van der Waals surface area contributed by atoms with E-state index in [1.165, 1.54) is 51.6 Å². The van der Waals surface area contributed by atoms with E-state index >= 15 is 0 Å². The van der Waals surface area contributed by atoms with Gasteiger partial charge < -0.3 is 4.90 Å². The lowest BCUT2D eigenvalue weighted by molar-refractivity contribution is 0.292. The average molecular weight is 169 g/mol. The molecule has 0 aromatic heterocycles. The molecule has 0 N–H and O–H groups in total. The summed E-state index contributed by atoms with van der Waals surface area (Å²) >= 11 is 0. The van der Waals surface area contributed by atoms with Crippen LogP contribution < -0.4 is 0 Å². The average Bonchev–Trinajstić information content (AvgIpc) is 2.06. The van der Waals surface area contributed by atoms with Gasteiger partial charge in [-0.2, -0.15) is 0 Å². The Bertz CT molecular complexity index is 85.6. The molecule has 0 unspecified atom stereocenters. The maximum atomic E-state index is 2.48. The van der Waals surface area contributed by atoms with Gasteiger partial charge in [-0.05, 0) is 38.9 Å². The first kappa shape index (κ1) is 10.0. The molecule has 0 bridgehead atoms. The van der Waals surface area contributed by atoms with Crippen molar-refractivity contribution in [3.8, 4) is 0 Å². The highest BCUT2D eigenvalue weighted by atomic mass is 15.1. The highest BCUT2D eigenvalue weighted by molar-refractivity contribution is 4.60. The summed E-state index contributed by atoms with van der Waals surface area (Å²) in [6.45, 7) is 5.03. The van der Waals surface area contributed by atoms with Crippen molar-refractivity contribution in [1.29, 1.82) is 0 Å². The Hall–Kier alpha value is -0.0400. The number of hydrogen-bond acceptors (Lipinski definition) is 1. The first-order valence-corrected chi connectivity index (χ1v) is 5.47. The van der Waals surface area contributed by atoms with Crippen LogP contribution >= 0.6 is 0 Å². The monoisotopic (exact) mass is 169 g/mol. The predicted octanol–water partition coefficient (Wildman–Crippen LogP) is 2.91. The molecular formula is C11H23N. The van der Waals surface area contributed by atoms with E-state index in [4.69, 9.17) is 0 Å². The summed E-state index contributed by atoms with van der Waals surface area (Å²) in [5.74, 6) is 0.980. The summed E-state index contributed by atoms with van der Waals surface area (Å²) in [4.78, 5) is 2.48. The third kappa shape index (κ3) is 4.10. The zero-order valence-corrected chi connectivity index (χ0v) is 8.68. The molecule has 1 rings (SSSR count). The Morgan fingerprint density at radius 1 is 0.917 bits per heavy atom. The van der Waals surface area contributed by atoms with Crippen molar-refractivity contribution in [1.82, 2.24) is 4.90 Å². The van der Waals surface area contributed by atoms with Crippen LogP contribution in [0.5, 0.6) is 0 Å². The van der Waals surface area contributed by atoms with Gasteiger partial charge in [0.15, 0.2) is 0 Å². The summed E-state index contributed by atoms with van der Waals surface area (Å²) in [6.07, 6.45) is 8.58. The first-order chi connectivity index (χ1) is 5.79. The second-order valence-corrected chi connectivity index (χ2v) is 4.40. The Kier molecular flexibility index (Phi) is 4.67. The molecule has 1 fully saturated rings. The molecule has 1 heterocycles. The fourth-order valence-corrected chi connectivity index (χ4v) is 2.01. The van der Waals surface area contributed by atoms with E-state index < -0.39 is 0 Å². The minimum Gasteiger partial charge on any atom is -0.306 e. The van der Waals surface area contributed by atoms with Gasteiger partial charge in [-0.25, -0.2) is 0 Å². The van der Waals surface area contributed by atoms with E-state index in [2.05, 4.69) is 18.9 Å². The third-order valence-electron chi connectivity index (χ3n) is 2.97. The van der Waals surface area contributed by atoms with Crippen molar-refractivity contribution in [3.05, 3.63) is 0 Å². The molecule has 0 spiro atoms. The van der Waals surface area contributed by atoms with E-state index in [1.807, 2.05) is 0 Å². The Labute approximate surface area is 77.1 Å². The molecule has 12 heavy (non-hydrogen) atoms. The van der Waals surface area contributed by atoms with Gasteiger partial charge in [0.1, 0.15) is 0 Å². The lowest BCUT2D eigenvalue weighted by Crippen LogP contribution is -2.21. The summed E-state index contributed by atoms with van der Waals surface area (Å²) in [6, 6.07) is 0. The van der Waals surface area contributed by atoms with E-state index in [9.17, 15) is 0 Å². The lowest BCUT2D eigenvalue weighted by atomic mass is 9.97. The van der Waals surface area contributed by atoms with Crippen molar-refractivity contribution in [3.63, 3.8) is 0 Å². The molecule has 0 saturated carbocycles. The Morgan fingerprint density at radius 3 is 1.92 bits per heavy atom. The number of rotatable bonds is 0. The lowest BCUT2D eigenvalue weighted by Gasteiger charge is -2.20. The molecule has 0 aromatic carbocycles. The SMILES string of the molecule is CC1CCCCN(C)CCCC1. The zero-order chi connectivity index (χ0) is 8.81. The van der Waals surface area contributed by atoms with Crippen LogP contribution in [0.3, 0.4) is 0 Å². The molecule has 0 radical (unpaired) electrons. The quantitative estimate of drug-likeness (QED) is 0.539. The Balaban J connectivity index is 2.20. The number of nitrogens with zero attached hydrogens (tertiary/aromatic N) is 1. The van der Waals surface area contributed by atoms with Crippen LogP contribution in [0.25, 0.3) is 0 Å². The normalized spacial score (nSPS) is 25.5. The van der Waals surface area contributed by atoms with E-state index in [0.717, 1.165) is 5.92 Å². The van der Waals surface area contributed by atoms with Gasteiger partial charge in [0.05, 0.1) is 0 Å². The highest BCUT2D eigenvalue weighted by Gasteiger charge is 2.06. The largest absolute Gasteiger partial charge is 0.306 e. The minimum atomic E-state index is 0.980. The molecular weight excluding hydrogens is 146 g/mol. The van der Waals surface area contributed by atoms with Gasteiger partial charge in [-0.3, -0.25) is 0 Å². The molecule has 0 aromatic rings. The molecule has 0 amide bonds. The van der Waals surface area contributed by atoms with Crippen LogP contribution in [0.15, 0.2) is 0 Å². The van der Waals surface area contributed by atoms with Gasteiger partial charge in [0.25, 0.3) is 0 Å². The predicted molar refractivity (Wildman–Crippen MR) is 54.4 cm³/mol. The first-order valence-electron chi connectivity index (χ1n) is 5.47. The van der Waals surface area contributed by atoms with Gasteiger partial charge >= 0.3 is 0 Å². The smallest absolute Gasteiger partial charge is 0.00218 e. The maximum Gasteiger partial charge on any atom is -0.00218 e. The summed E-state index contributed by atoms with van der Waals surface area (Å²) in [5.41, 5.74) is 0. The van der Waals surface area contributed by atoms with E-state index in [1.54, 1.807) is 0 Å². The van der Waals surface area contributed by atoms with Gasteiger partial charge in [-0.15, -0.1) is 0 Å². The molecule has 1 aliphatic heterocycles. The van der Waals surface area contributed by atoms with Gasteiger partial charge in [0, 0.05) is 0 Å². The van der Waals surface area contributed by atoms with Gasteiger partial charge in [0.2, 0.25) is 0 Å². The van der Waals surface area contributed by atoms with Crippen molar-refractivity contribution in [2.45, 2.75) is 45.4 Å².